The molecule has 3 aromatic rings. The molecule has 0 bridgehead atoms. The van der Waals surface area contributed by atoms with Crippen LogP contribution in [-0.2, 0) is 11.8 Å². The summed E-state index contributed by atoms with van der Waals surface area (Å²) in [5, 5.41) is 3.98. The molecule has 9 nitrogen and oxygen atoms in total. The summed E-state index contributed by atoms with van der Waals surface area (Å²) >= 11 is 0. The van der Waals surface area contributed by atoms with E-state index in [1.54, 1.807) is 10.9 Å². The maximum atomic E-state index is 14.2. The van der Waals surface area contributed by atoms with Gasteiger partial charge >= 0.3 is 0 Å². The first-order valence-electron chi connectivity index (χ1n) is 9.13. The van der Waals surface area contributed by atoms with Crippen molar-refractivity contribution in [3.8, 4) is 0 Å². The molecule has 1 saturated heterocycles. The summed E-state index contributed by atoms with van der Waals surface area (Å²) in [5.41, 5.74) is 11.8. The van der Waals surface area contributed by atoms with Crippen LogP contribution in [0.4, 0.5) is 26.2 Å². The van der Waals surface area contributed by atoms with Gasteiger partial charge in [-0.1, -0.05) is 0 Å². The average Bonchev–Trinajstić information content (AvgIpc) is 3.15. The molecule has 0 aliphatic carbocycles. The normalized spacial score (nSPS) is 16.8. The Bertz CT molecular complexity index is 1070. The van der Waals surface area contributed by atoms with Crippen LogP contribution in [0.2, 0.25) is 0 Å². The van der Waals surface area contributed by atoms with E-state index < -0.39 is 11.6 Å². The van der Waals surface area contributed by atoms with E-state index in [1.807, 2.05) is 13.2 Å². The molecule has 4 rings (SSSR count). The zero-order valence-electron chi connectivity index (χ0n) is 15.7. The fraction of sp³-hybridized carbons (Fsp3) is 0.333. The summed E-state index contributed by atoms with van der Waals surface area (Å²) in [6.07, 6.45) is 5.20. The van der Waals surface area contributed by atoms with E-state index in [1.165, 1.54) is 6.07 Å². The van der Waals surface area contributed by atoms with E-state index in [2.05, 4.69) is 30.8 Å². The molecule has 11 heteroatoms. The van der Waals surface area contributed by atoms with Gasteiger partial charge in [-0.3, -0.25) is 20.3 Å². The van der Waals surface area contributed by atoms with Gasteiger partial charge in [0.25, 0.3) is 0 Å². The molecule has 1 amide bonds. The summed E-state index contributed by atoms with van der Waals surface area (Å²) < 4.78 is 29.6. The molecule has 29 heavy (non-hydrogen) atoms. The zero-order chi connectivity index (χ0) is 20.5. The monoisotopic (exact) mass is 402 g/mol. The minimum absolute atomic E-state index is 0.0993. The summed E-state index contributed by atoms with van der Waals surface area (Å²) in [4.78, 5) is 22.5. The largest absolute Gasteiger partial charge is 0.368 e. The summed E-state index contributed by atoms with van der Waals surface area (Å²) in [7, 11) is 1.83. The highest BCUT2D eigenvalue weighted by atomic mass is 19.2. The number of nitrogens with one attached hydrogen (secondary N) is 2. The smallest absolute Gasteiger partial charge is 0.243 e. The first-order valence-corrected chi connectivity index (χ1v) is 9.13. The van der Waals surface area contributed by atoms with Crippen molar-refractivity contribution in [2.45, 2.75) is 12.8 Å². The van der Waals surface area contributed by atoms with Crippen LogP contribution in [0.15, 0.2) is 24.5 Å². The van der Waals surface area contributed by atoms with Gasteiger partial charge in [0.2, 0.25) is 11.9 Å². The third-order valence-electron chi connectivity index (χ3n) is 4.92. The number of amides is 1. The van der Waals surface area contributed by atoms with Crippen molar-refractivity contribution in [2.24, 2.45) is 13.0 Å². The van der Waals surface area contributed by atoms with Gasteiger partial charge in [0.1, 0.15) is 0 Å². The van der Waals surface area contributed by atoms with Crippen molar-refractivity contribution in [1.29, 1.82) is 0 Å². The molecule has 152 valence electrons. The van der Waals surface area contributed by atoms with Gasteiger partial charge < -0.3 is 10.6 Å². The van der Waals surface area contributed by atoms with Crippen molar-refractivity contribution in [3.63, 3.8) is 0 Å². The van der Waals surface area contributed by atoms with Gasteiger partial charge in [0.15, 0.2) is 17.5 Å². The van der Waals surface area contributed by atoms with Crippen molar-refractivity contribution >= 4 is 34.3 Å². The number of nitrogens with zero attached hydrogens (tertiary/aromatic N) is 5. The van der Waals surface area contributed by atoms with Crippen molar-refractivity contribution < 1.29 is 13.6 Å². The van der Waals surface area contributed by atoms with Crippen molar-refractivity contribution in [2.75, 3.05) is 29.1 Å². The lowest BCUT2D eigenvalue weighted by Gasteiger charge is -2.32. The van der Waals surface area contributed by atoms with Crippen LogP contribution in [0.25, 0.3) is 10.9 Å². The molecule has 0 spiro atoms. The molecular formula is C18H20F2N8O. The summed E-state index contributed by atoms with van der Waals surface area (Å²) in [6.45, 7) is 1.36. The molecule has 1 aliphatic heterocycles. The number of hydrogen-bond acceptors (Lipinski definition) is 7. The topological polar surface area (TPSA) is 114 Å². The number of aryl methyl sites for hydroxylation is 1. The van der Waals surface area contributed by atoms with Crippen molar-refractivity contribution in [3.05, 3.63) is 36.2 Å². The number of hydrogen-bond donors (Lipinski definition) is 3. The summed E-state index contributed by atoms with van der Waals surface area (Å²) in [5.74, 6) is -2.94. The zero-order valence-corrected chi connectivity index (χ0v) is 15.7. The second-order valence-corrected chi connectivity index (χ2v) is 6.96. The van der Waals surface area contributed by atoms with Crippen LogP contribution in [0.5, 0.6) is 0 Å². The Morgan fingerprint density at radius 1 is 1.31 bits per heavy atom. The van der Waals surface area contributed by atoms with E-state index >= 15 is 0 Å². The van der Waals surface area contributed by atoms with Gasteiger partial charge in [0, 0.05) is 26.3 Å². The number of anilines is 3. The molecule has 0 radical (unpaired) electrons. The number of benzene rings is 1. The molecule has 1 atom stereocenters. The molecular weight excluding hydrogens is 382 g/mol. The fourth-order valence-corrected chi connectivity index (χ4v) is 3.49. The van der Waals surface area contributed by atoms with E-state index in [0.29, 0.717) is 13.0 Å². The number of carbonyl (C=O) groups excluding carboxylic acids is 1. The predicted molar refractivity (Wildman–Crippen MR) is 104 cm³/mol. The highest BCUT2D eigenvalue weighted by Gasteiger charge is 2.27. The van der Waals surface area contributed by atoms with E-state index in [0.717, 1.165) is 24.7 Å². The number of carbonyl (C=O) groups is 1. The van der Waals surface area contributed by atoms with E-state index in [9.17, 15) is 13.6 Å². The van der Waals surface area contributed by atoms with E-state index in [-0.39, 0.29) is 34.5 Å². The van der Waals surface area contributed by atoms with Crippen LogP contribution in [0.3, 0.4) is 0 Å². The maximum Gasteiger partial charge on any atom is 0.243 e. The minimum Gasteiger partial charge on any atom is -0.368 e. The number of aromatic nitrogens is 4. The lowest BCUT2D eigenvalue weighted by atomic mass is 9.97. The lowest BCUT2D eigenvalue weighted by molar-refractivity contribution is -0.124. The number of rotatable bonds is 4. The lowest BCUT2D eigenvalue weighted by Crippen LogP contribution is -2.44. The standard InChI is InChI=1S/C18H20F2N8O/c1-27-9-11(7-22-27)28-6-2-3-10(8-28)17(29)26-25-16-14-13(23-18(21)24-16)5-4-12(19)15(14)20/h4-5,7,9-10H,2-3,6,8H2,1H3,(H,26,29)(H3,21,23,24,25). The Morgan fingerprint density at radius 2 is 2.14 bits per heavy atom. The Kier molecular flexibility index (Phi) is 4.87. The molecule has 2 aromatic heterocycles. The molecule has 3 heterocycles. The SMILES string of the molecule is Cn1cc(N2CCCC(C(=O)NNc3nc(N)nc4ccc(F)c(F)c34)C2)cn1. The number of halogens is 2. The first-order chi connectivity index (χ1) is 13.9. The van der Waals surface area contributed by atoms with Crippen LogP contribution in [0, 0.1) is 17.6 Å². The highest BCUT2D eigenvalue weighted by Crippen LogP contribution is 2.26. The Balaban J connectivity index is 1.49. The van der Waals surface area contributed by atoms with Crippen LogP contribution in [-0.4, -0.2) is 38.7 Å². The van der Waals surface area contributed by atoms with Gasteiger partial charge in [-0.15, -0.1) is 0 Å². The number of piperidine rings is 1. The minimum atomic E-state index is -1.11. The second kappa shape index (κ2) is 7.49. The molecule has 0 saturated carbocycles. The second-order valence-electron chi connectivity index (χ2n) is 6.96. The first kappa shape index (κ1) is 18.8. The van der Waals surface area contributed by atoms with Gasteiger partial charge in [-0.25, -0.2) is 13.8 Å². The number of nitrogen functional groups attached to an aromatic ring is 1. The van der Waals surface area contributed by atoms with Crippen molar-refractivity contribution in [1.82, 2.24) is 25.2 Å². The average molecular weight is 402 g/mol. The fourth-order valence-electron chi connectivity index (χ4n) is 3.49. The Labute approximate surface area is 164 Å². The van der Waals surface area contributed by atoms with Crippen LogP contribution in [0.1, 0.15) is 12.8 Å². The summed E-state index contributed by atoms with van der Waals surface area (Å²) in [6, 6.07) is 2.26. The number of hydrazine groups is 1. The third-order valence-corrected chi connectivity index (χ3v) is 4.92. The molecule has 4 N–H and O–H groups in total. The van der Waals surface area contributed by atoms with Gasteiger partial charge in [-0.05, 0) is 25.0 Å². The van der Waals surface area contributed by atoms with Crippen LogP contribution >= 0.6 is 0 Å². The van der Waals surface area contributed by atoms with Gasteiger partial charge in [-0.2, -0.15) is 10.1 Å². The predicted octanol–water partition coefficient (Wildman–Crippen LogP) is 1.58. The van der Waals surface area contributed by atoms with E-state index in [4.69, 9.17) is 5.73 Å². The quantitative estimate of drug-likeness (QED) is 0.568. The maximum absolute atomic E-state index is 14.2. The highest BCUT2D eigenvalue weighted by molar-refractivity contribution is 5.91. The third kappa shape index (κ3) is 3.75. The molecule has 1 unspecified atom stereocenters. The van der Waals surface area contributed by atoms with Crippen LogP contribution < -0.4 is 21.5 Å². The molecule has 1 aromatic carbocycles. The number of nitrogens with two attached hydrogens (primary N) is 1. The Morgan fingerprint density at radius 3 is 2.90 bits per heavy atom. The molecule has 1 aliphatic rings. The molecule has 1 fully saturated rings. The number of fused-ring (bicyclic) bond motifs is 1. The van der Waals surface area contributed by atoms with Gasteiger partial charge in [0.05, 0.1) is 28.7 Å². The Hall–Kier alpha value is -3.50.